The first-order chi connectivity index (χ1) is 11.7. The molecule has 2 fully saturated rings. The van der Waals surface area contributed by atoms with Gasteiger partial charge in [0, 0.05) is 30.9 Å². The van der Waals surface area contributed by atoms with Crippen LogP contribution in [0.4, 0.5) is 0 Å². The molecule has 1 amide bonds. The van der Waals surface area contributed by atoms with Crippen LogP contribution in [-0.2, 0) is 7.05 Å². The second kappa shape index (κ2) is 5.81. The number of rotatable bonds is 3. The van der Waals surface area contributed by atoms with E-state index in [1.807, 2.05) is 35.9 Å². The number of hydrogen-bond acceptors (Lipinski definition) is 3. The third-order valence-corrected chi connectivity index (χ3v) is 5.28. The summed E-state index contributed by atoms with van der Waals surface area (Å²) in [6.45, 7) is 0. The van der Waals surface area contributed by atoms with Crippen LogP contribution in [0.3, 0.4) is 0 Å². The van der Waals surface area contributed by atoms with E-state index in [0.717, 1.165) is 24.1 Å². The number of carbonyl (C=O) groups excluding carboxylic acids is 1. The van der Waals surface area contributed by atoms with Crippen LogP contribution < -0.4 is 10.6 Å². The molecule has 5 heteroatoms. The highest BCUT2D eigenvalue weighted by atomic mass is 16.2. The summed E-state index contributed by atoms with van der Waals surface area (Å²) >= 11 is 0. The molecule has 2 aliphatic rings. The number of nitrogens with zero attached hydrogens (tertiary/aromatic N) is 2. The molecular weight excluding hydrogens is 300 g/mol. The van der Waals surface area contributed by atoms with Gasteiger partial charge in [-0.2, -0.15) is 5.26 Å². The summed E-state index contributed by atoms with van der Waals surface area (Å²) in [7, 11) is 1.90. The molecule has 5 nitrogen and oxygen atoms in total. The van der Waals surface area contributed by atoms with Crippen LogP contribution in [0.25, 0.3) is 11.3 Å². The van der Waals surface area contributed by atoms with Crippen molar-refractivity contribution < 1.29 is 4.79 Å². The smallest absolute Gasteiger partial charge is 0.268 e. The van der Waals surface area contributed by atoms with Crippen LogP contribution in [0.2, 0.25) is 0 Å². The molecule has 24 heavy (non-hydrogen) atoms. The largest absolute Gasteiger partial charge is 0.346 e. The predicted molar refractivity (Wildman–Crippen MR) is 91.4 cm³/mol. The highest BCUT2D eigenvalue weighted by Gasteiger charge is 2.39. The lowest BCUT2D eigenvalue weighted by Gasteiger charge is -2.21. The maximum atomic E-state index is 12.6. The molecule has 2 N–H and O–H groups in total. The van der Waals surface area contributed by atoms with E-state index in [2.05, 4.69) is 16.7 Å². The van der Waals surface area contributed by atoms with E-state index in [1.165, 1.54) is 6.42 Å². The summed E-state index contributed by atoms with van der Waals surface area (Å²) in [6.07, 6.45) is 3.41. The fourth-order valence-corrected chi connectivity index (χ4v) is 3.97. The molecule has 0 aliphatic carbocycles. The van der Waals surface area contributed by atoms with Crippen LogP contribution in [0.1, 0.15) is 35.3 Å². The Bertz CT molecular complexity index is 815. The molecule has 3 atom stereocenters. The van der Waals surface area contributed by atoms with Crippen LogP contribution in [0, 0.1) is 11.3 Å². The van der Waals surface area contributed by atoms with Gasteiger partial charge in [0.25, 0.3) is 5.91 Å². The van der Waals surface area contributed by atoms with Gasteiger partial charge in [-0.3, -0.25) is 4.79 Å². The van der Waals surface area contributed by atoms with E-state index in [9.17, 15) is 4.79 Å². The maximum absolute atomic E-state index is 12.6. The monoisotopic (exact) mass is 320 g/mol. The highest BCUT2D eigenvalue weighted by Crippen LogP contribution is 2.29. The molecule has 2 aliphatic heterocycles. The molecule has 0 radical (unpaired) electrons. The topological polar surface area (TPSA) is 69.8 Å². The zero-order chi connectivity index (χ0) is 16.7. The normalized spacial score (nSPS) is 24.8. The number of fused-ring (bicyclic) bond motifs is 2. The second-order valence-corrected chi connectivity index (χ2v) is 6.72. The van der Waals surface area contributed by atoms with Gasteiger partial charge in [-0.25, -0.2) is 0 Å². The minimum Gasteiger partial charge on any atom is -0.346 e. The van der Waals surface area contributed by atoms with Crippen molar-refractivity contribution in [1.82, 2.24) is 15.2 Å². The third kappa shape index (κ3) is 2.49. The van der Waals surface area contributed by atoms with E-state index in [0.29, 0.717) is 23.3 Å². The molecule has 2 bridgehead atoms. The zero-order valence-electron chi connectivity index (χ0n) is 13.6. The van der Waals surface area contributed by atoms with E-state index in [1.54, 1.807) is 12.1 Å². The second-order valence-electron chi connectivity index (χ2n) is 6.72. The van der Waals surface area contributed by atoms with Gasteiger partial charge in [-0.15, -0.1) is 0 Å². The van der Waals surface area contributed by atoms with Gasteiger partial charge in [0.2, 0.25) is 0 Å². The van der Waals surface area contributed by atoms with Crippen molar-refractivity contribution in [3.8, 4) is 17.3 Å². The molecule has 0 saturated carbocycles. The average molecular weight is 320 g/mol. The van der Waals surface area contributed by atoms with Crippen molar-refractivity contribution in [2.45, 2.75) is 37.4 Å². The van der Waals surface area contributed by atoms with Crippen molar-refractivity contribution in [3.05, 3.63) is 47.7 Å². The lowest BCUT2D eigenvalue weighted by Crippen LogP contribution is -2.43. The van der Waals surface area contributed by atoms with Gasteiger partial charge in [0.05, 0.1) is 11.6 Å². The van der Waals surface area contributed by atoms with Crippen molar-refractivity contribution in [3.63, 3.8) is 0 Å². The van der Waals surface area contributed by atoms with Gasteiger partial charge in [0.1, 0.15) is 5.69 Å². The summed E-state index contributed by atoms with van der Waals surface area (Å²) in [5.74, 6) is -0.0169. The Morgan fingerprint density at radius 2 is 2.04 bits per heavy atom. The summed E-state index contributed by atoms with van der Waals surface area (Å²) in [4.78, 5) is 12.6. The van der Waals surface area contributed by atoms with E-state index >= 15 is 0 Å². The summed E-state index contributed by atoms with van der Waals surface area (Å²) in [5.41, 5.74) is 3.26. The Kier molecular flexibility index (Phi) is 3.62. The number of hydrogen-bond donors (Lipinski definition) is 2. The van der Waals surface area contributed by atoms with Gasteiger partial charge >= 0.3 is 0 Å². The highest BCUT2D eigenvalue weighted by molar-refractivity contribution is 5.94. The van der Waals surface area contributed by atoms with E-state index in [-0.39, 0.29) is 11.9 Å². The maximum Gasteiger partial charge on any atom is 0.268 e. The van der Waals surface area contributed by atoms with Crippen molar-refractivity contribution in [2.24, 2.45) is 7.05 Å². The molecule has 1 aromatic heterocycles. The van der Waals surface area contributed by atoms with Gasteiger partial charge in [-0.05, 0) is 49.1 Å². The molecular formula is C19H20N4O. The Hall–Kier alpha value is -2.58. The quantitative estimate of drug-likeness (QED) is 0.911. The average Bonchev–Trinajstić information content (AvgIpc) is 3.30. The molecule has 0 unspecified atom stereocenters. The molecule has 3 heterocycles. The SMILES string of the molecule is Cn1c(C(=O)N[C@@H]2C[C@H]3CC[C@@H]2N3)ccc1-c1ccc(C#N)cc1. The fourth-order valence-electron chi connectivity index (χ4n) is 3.97. The first-order valence-corrected chi connectivity index (χ1v) is 8.39. The Morgan fingerprint density at radius 3 is 2.67 bits per heavy atom. The lowest BCUT2D eigenvalue weighted by molar-refractivity contribution is 0.0923. The van der Waals surface area contributed by atoms with Crippen molar-refractivity contribution in [1.29, 1.82) is 5.26 Å². The van der Waals surface area contributed by atoms with Gasteiger partial charge in [0.15, 0.2) is 0 Å². The van der Waals surface area contributed by atoms with E-state index < -0.39 is 0 Å². The van der Waals surface area contributed by atoms with Gasteiger partial charge < -0.3 is 15.2 Å². The minimum atomic E-state index is -0.0169. The lowest BCUT2D eigenvalue weighted by atomic mass is 9.95. The van der Waals surface area contributed by atoms with Gasteiger partial charge in [-0.1, -0.05) is 12.1 Å². The Balaban J connectivity index is 1.53. The van der Waals surface area contributed by atoms with Crippen LogP contribution >= 0.6 is 0 Å². The van der Waals surface area contributed by atoms with Crippen LogP contribution in [0.15, 0.2) is 36.4 Å². The Labute approximate surface area is 141 Å². The molecule has 2 saturated heterocycles. The molecule has 1 aromatic carbocycles. The number of benzene rings is 1. The molecule has 4 rings (SSSR count). The van der Waals surface area contributed by atoms with Crippen molar-refractivity contribution >= 4 is 5.91 Å². The minimum absolute atomic E-state index is 0.0169. The number of aromatic nitrogens is 1. The first kappa shape index (κ1) is 15.0. The fraction of sp³-hybridized carbons (Fsp3) is 0.368. The summed E-state index contributed by atoms with van der Waals surface area (Å²) in [5, 5.41) is 15.6. The Morgan fingerprint density at radius 1 is 1.25 bits per heavy atom. The molecule has 2 aromatic rings. The molecule has 0 spiro atoms. The number of carbonyl (C=O) groups is 1. The van der Waals surface area contributed by atoms with Crippen LogP contribution in [-0.4, -0.2) is 28.6 Å². The summed E-state index contributed by atoms with van der Waals surface area (Å²) < 4.78 is 1.91. The number of nitrogens with one attached hydrogen (secondary N) is 2. The zero-order valence-corrected chi connectivity index (χ0v) is 13.6. The van der Waals surface area contributed by atoms with Crippen LogP contribution in [0.5, 0.6) is 0 Å². The summed E-state index contributed by atoms with van der Waals surface area (Å²) in [6, 6.07) is 14.6. The third-order valence-electron chi connectivity index (χ3n) is 5.28. The predicted octanol–water partition coefficient (Wildman–Crippen LogP) is 2.19. The number of nitriles is 1. The standard InChI is InChI=1S/C19H20N4O/c1-23-17(13-4-2-12(11-20)3-5-13)8-9-18(23)19(24)22-16-10-14-6-7-15(16)21-14/h2-5,8-9,14-16,21H,6-7,10H2,1H3,(H,22,24)/t14-,15+,16-/m1/s1. The first-order valence-electron chi connectivity index (χ1n) is 8.39. The number of amides is 1. The van der Waals surface area contributed by atoms with E-state index in [4.69, 9.17) is 5.26 Å². The molecule has 122 valence electrons. The van der Waals surface area contributed by atoms with Crippen molar-refractivity contribution in [2.75, 3.05) is 0 Å².